The third-order valence-electron chi connectivity index (χ3n) is 3.92. The molecule has 8 heteroatoms. The van der Waals surface area contributed by atoms with Crippen molar-refractivity contribution in [1.29, 1.82) is 0 Å². The van der Waals surface area contributed by atoms with Crippen molar-refractivity contribution in [2.45, 2.75) is 38.6 Å². The van der Waals surface area contributed by atoms with Crippen LogP contribution < -0.4 is 11.1 Å². The van der Waals surface area contributed by atoms with Gasteiger partial charge in [-0.05, 0) is 18.8 Å². The van der Waals surface area contributed by atoms with E-state index in [1.165, 1.54) is 13.3 Å². The first kappa shape index (κ1) is 14.4. The fourth-order valence-corrected chi connectivity index (χ4v) is 2.87. The highest BCUT2D eigenvalue weighted by Crippen LogP contribution is 2.35. The van der Waals surface area contributed by atoms with Crippen LogP contribution in [0.1, 0.15) is 44.5 Å². The second-order valence-electron chi connectivity index (χ2n) is 5.50. The fraction of sp³-hybridized carbons (Fsp3) is 0.500. The number of carbonyl (C=O) groups is 1. The number of nitrogens with zero attached hydrogens (tertiary/aromatic N) is 4. The van der Waals surface area contributed by atoms with Gasteiger partial charge in [0, 0.05) is 13.1 Å². The molecule has 0 spiro atoms. The minimum absolute atomic E-state index is 0.112. The molecule has 0 bridgehead atoms. The third-order valence-corrected chi connectivity index (χ3v) is 3.92. The predicted molar refractivity (Wildman–Crippen MR) is 78.3 cm³/mol. The standard InChI is InChI=1S/C14H18N6O2/c1-8(21)18-11(9-4-2-3-5-9)14-19-13(20-22-14)10-6-16-7-17-12(10)15/h6-7,9,11H,2-5H2,1H3,(H,18,21)(H2,15,16,17). The second-order valence-corrected chi connectivity index (χ2v) is 5.50. The Hall–Kier alpha value is -2.51. The lowest BCUT2D eigenvalue weighted by atomic mass is 9.98. The Labute approximate surface area is 127 Å². The molecule has 2 aromatic rings. The van der Waals surface area contributed by atoms with Crippen LogP contribution in [0.15, 0.2) is 17.0 Å². The van der Waals surface area contributed by atoms with Crippen LogP contribution in [0.25, 0.3) is 11.4 Å². The van der Waals surface area contributed by atoms with Gasteiger partial charge in [0.2, 0.25) is 17.6 Å². The number of carbonyl (C=O) groups excluding carboxylic acids is 1. The van der Waals surface area contributed by atoms with E-state index in [9.17, 15) is 4.79 Å². The van der Waals surface area contributed by atoms with Gasteiger partial charge in [0.15, 0.2) is 0 Å². The topological polar surface area (TPSA) is 120 Å². The molecule has 22 heavy (non-hydrogen) atoms. The molecule has 3 N–H and O–H groups in total. The Bertz CT molecular complexity index is 665. The lowest BCUT2D eigenvalue weighted by molar-refractivity contribution is -0.120. The summed E-state index contributed by atoms with van der Waals surface area (Å²) >= 11 is 0. The average molecular weight is 302 g/mol. The summed E-state index contributed by atoms with van der Waals surface area (Å²) in [6, 6.07) is -0.257. The number of nitrogen functional groups attached to an aromatic ring is 1. The van der Waals surface area contributed by atoms with E-state index in [-0.39, 0.29) is 11.9 Å². The summed E-state index contributed by atoms with van der Waals surface area (Å²) < 4.78 is 5.36. The Morgan fingerprint density at radius 2 is 2.23 bits per heavy atom. The van der Waals surface area contributed by atoms with Crippen LogP contribution in [0, 0.1) is 5.92 Å². The maximum Gasteiger partial charge on any atom is 0.249 e. The number of amides is 1. The van der Waals surface area contributed by atoms with Gasteiger partial charge in [0.1, 0.15) is 18.2 Å². The molecule has 3 rings (SSSR count). The van der Waals surface area contributed by atoms with Gasteiger partial charge in [0.25, 0.3) is 0 Å². The maximum atomic E-state index is 11.5. The summed E-state index contributed by atoms with van der Waals surface area (Å²) in [4.78, 5) is 23.7. The molecular weight excluding hydrogens is 284 g/mol. The van der Waals surface area contributed by atoms with E-state index in [1.54, 1.807) is 6.20 Å². The first-order valence-corrected chi connectivity index (χ1v) is 7.31. The van der Waals surface area contributed by atoms with Gasteiger partial charge < -0.3 is 15.6 Å². The van der Waals surface area contributed by atoms with Crippen molar-refractivity contribution in [3.63, 3.8) is 0 Å². The van der Waals surface area contributed by atoms with Crippen LogP contribution in [-0.2, 0) is 4.79 Å². The molecule has 1 saturated carbocycles. The van der Waals surface area contributed by atoms with Gasteiger partial charge in [-0.15, -0.1) is 0 Å². The number of nitrogens with one attached hydrogen (secondary N) is 1. The first-order valence-electron chi connectivity index (χ1n) is 7.31. The highest BCUT2D eigenvalue weighted by molar-refractivity contribution is 5.73. The van der Waals surface area contributed by atoms with Gasteiger partial charge in [-0.3, -0.25) is 4.79 Å². The van der Waals surface area contributed by atoms with E-state index in [0.29, 0.717) is 29.0 Å². The lowest BCUT2D eigenvalue weighted by Crippen LogP contribution is -2.31. The lowest BCUT2D eigenvalue weighted by Gasteiger charge is -2.20. The number of rotatable bonds is 4. The maximum absolute atomic E-state index is 11.5. The Morgan fingerprint density at radius 3 is 2.91 bits per heavy atom. The summed E-state index contributed by atoms with van der Waals surface area (Å²) in [6.07, 6.45) is 7.29. The predicted octanol–water partition coefficient (Wildman–Crippen LogP) is 1.48. The van der Waals surface area contributed by atoms with Crippen molar-refractivity contribution >= 4 is 11.7 Å². The van der Waals surface area contributed by atoms with Crippen molar-refractivity contribution in [1.82, 2.24) is 25.4 Å². The number of anilines is 1. The van der Waals surface area contributed by atoms with E-state index in [4.69, 9.17) is 10.3 Å². The van der Waals surface area contributed by atoms with E-state index >= 15 is 0 Å². The molecule has 2 aromatic heterocycles. The third kappa shape index (κ3) is 2.90. The fourth-order valence-electron chi connectivity index (χ4n) is 2.87. The van der Waals surface area contributed by atoms with Crippen LogP contribution >= 0.6 is 0 Å². The minimum Gasteiger partial charge on any atom is -0.383 e. The van der Waals surface area contributed by atoms with Crippen molar-refractivity contribution in [3.05, 3.63) is 18.4 Å². The zero-order valence-electron chi connectivity index (χ0n) is 12.3. The molecule has 1 amide bonds. The summed E-state index contributed by atoms with van der Waals surface area (Å²) in [6.45, 7) is 1.49. The molecule has 1 atom stereocenters. The van der Waals surface area contributed by atoms with Crippen LogP contribution in [-0.4, -0.2) is 26.0 Å². The number of hydrogen-bond donors (Lipinski definition) is 2. The van der Waals surface area contributed by atoms with Gasteiger partial charge in [-0.2, -0.15) is 4.98 Å². The van der Waals surface area contributed by atoms with Gasteiger partial charge in [0.05, 0.1) is 5.56 Å². The second kappa shape index (κ2) is 6.08. The minimum atomic E-state index is -0.257. The van der Waals surface area contributed by atoms with Gasteiger partial charge in [-0.25, -0.2) is 9.97 Å². The van der Waals surface area contributed by atoms with E-state index < -0.39 is 0 Å². The van der Waals surface area contributed by atoms with Crippen LogP contribution in [0.4, 0.5) is 5.82 Å². The zero-order valence-corrected chi connectivity index (χ0v) is 12.3. The molecule has 0 aromatic carbocycles. The average Bonchev–Trinajstić information content (AvgIpc) is 3.17. The van der Waals surface area contributed by atoms with Gasteiger partial charge >= 0.3 is 0 Å². The number of aromatic nitrogens is 4. The largest absolute Gasteiger partial charge is 0.383 e. The normalized spacial score (nSPS) is 16.6. The summed E-state index contributed by atoms with van der Waals surface area (Å²) in [5.41, 5.74) is 6.32. The summed E-state index contributed by atoms with van der Waals surface area (Å²) in [5, 5.41) is 6.87. The molecule has 0 saturated heterocycles. The highest BCUT2D eigenvalue weighted by atomic mass is 16.5. The number of hydrogen-bond acceptors (Lipinski definition) is 7. The quantitative estimate of drug-likeness (QED) is 0.877. The van der Waals surface area contributed by atoms with Crippen LogP contribution in [0.5, 0.6) is 0 Å². The highest BCUT2D eigenvalue weighted by Gasteiger charge is 2.31. The SMILES string of the molecule is CC(=O)NC(c1nc(-c2cncnc2N)no1)C1CCCC1. The molecule has 1 aliphatic carbocycles. The van der Waals surface area contributed by atoms with Crippen LogP contribution in [0.2, 0.25) is 0 Å². The van der Waals surface area contributed by atoms with Crippen LogP contribution in [0.3, 0.4) is 0 Å². The summed E-state index contributed by atoms with van der Waals surface area (Å²) in [7, 11) is 0. The van der Waals surface area contributed by atoms with Crippen molar-refractivity contribution in [2.24, 2.45) is 5.92 Å². The zero-order chi connectivity index (χ0) is 15.5. The Kier molecular flexibility index (Phi) is 3.99. The molecule has 8 nitrogen and oxygen atoms in total. The molecule has 116 valence electrons. The molecule has 2 heterocycles. The molecule has 1 aliphatic rings. The molecule has 0 aliphatic heterocycles. The van der Waals surface area contributed by atoms with E-state index in [2.05, 4.69) is 25.4 Å². The smallest absolute Gasteiger partial charge is 0.249 e. The number of nitrogens with two attached hydrogens (primary N) is 1. The monoisotopic (exact) mass is 302 g/mol. The van der Waals surface area contributed by atoms with Crippen molar-refractivity contribution < 1.29 is 9.32 Å². The van der Waals surface area contributed by atoms with Crippen molar-refractivity contribution in [2.75, 3.05) is 5.73 Å². The Balaban J connectivity index is 1.89. The molecule has 0 radical (unpaired) electrons. The van der Waals surface area contributed by atoms with E-state index in [1.807, 2.05) is 0 Å². The molecule has 1 unspecified atom stereocenters. The first-order chi connectivity index (χ1) is 10.6. The van der Waals surface area contributed by atoms with E-state index in [0.717, 1.165) is 25.7 Å². The molecule has 1 fully saturated rings. The molecular formula is C14H18N6O2. The summed E-state index contributed by atoms with van der Waals surface area (Å²) in [5.74, 6) is 1.24. The Morgan fingerprint density at radius 1 is 1.45 bits per heavy atom. The van der Waals surface area contributed by atoms with Gasteiger partial charge in [-0.1, -0.05) is 18.0 Å². The van der Waals surface area contributed by atoms with Crippen molar-refractivity contribution in [3.8, 4) is 11.4 Å².